The molecule has 26 heavy (non-hydrogen) atoms. The van der Waals surface area contributed by atoms with Gasteiger partial charge in [0.1, 0.15) is 12.4 Å². The van der Waals surface area contributed by atoms with Gasteiger partial charge in [0.2, 0.25) is 5.75 Å². The van der Waals surface area contributed by atoms with Gasteiger partial charge in [0.05, 0.1) is 12.1 Å². The molecule has 1 N–H and O–H groups in total. The molecule has 0 unspecified atom stereocenters. The highest BCUT2D eigenvalue weighted by molar-refractivity contribution is 5.88. The molecule has 0 fully saturated rings. The first-order chi connectivity index (χ1) is 12.6. The number of aromatic nitrogens is 1. The Bertz CT molecular complexity index is 948. The molecule has 0 aliphatic heterocycles. The van der Waals surface area contributed by atoms with Crippen LogP contribution in [0.3, 0.4) is 0 Å². The number of aryl methyl sites for hydroxylation is 1. The molecule has 0 bridgehead atoms. The molecule has 2 aromatic carbocycles. The molecule has 1 heterocycles. The topological polar surface area (TPSA) is 60.7 Å². The van der Waals surface area contributed by atoms with Crippen molar-refractivity contribution in [3.8, 4) is 17.2 Å². The summed E-state index contributed by atoms with van der Waals surface area (Å²) in [7, 11) is 1.63. The largest absolute Gasteiger partial charge is 0.500 e. The van der Waals surface area contributed by atoms with Crippen molar-refractivity contribution in [3.63, 3.8) is 0 Å². The molecule has 5 heteroatoms. The van der Waals surface area contributed by atoms with Crippen molar-refractivity contribution in [3.05, 3.63) is 64.4 Å². The molecule has 3 aromatic rings. The number of hydrogen-bond acceptors (Lipinski definition) is 4. The van der Waals surface area contributed by atoms with Crippen molar-refractivity contribution < 1.29 is 14.6 Å². The van der Waals surface area contributed by atoms with E-state index < -0.39 is 5.56 Å². The molecule has 5 nitrogen and oxygen atoms in total. The Labute approximate surface area is 152 Å². The predicted molar refractivity (Wildman–Crippen MR) is 102 cm³/mol. The highest BCUT2D eigenvalue weighted by atomic mass is 16.5. The normalized spacial score (nSPS) is 10.8. The Morgan fingerprint density at radius 3 is 2.58 bits per heavy atom. The number of rotatable bonds is 7. The van der Waals surface area contributed by atoms with Crippen LogP contribution in [-0.4, -0.2) is 16.3 Å². The molecule has 0 aliphatic rings. The van der Waals surface area contributed by atoms with Gasteiger partial charge in [-0.25, -0.2) is 0 Å². The number of unbranched alkanes of at least 4 members (excludes halogenated alkanes) is 1. The number of benzene rings is 2. The van der Waals surface area contributed by atoms with Crippen LogP contribution in [0.4, 0.5) is 0 Å². The van der Waals surface area contributed by atoms with E-state index in [1.54, 1.807) is 13.1 Å². The van der Waals surface area contributed by atoms with Crippen LogP contribution in [0.25, 0.3) is 10.9 Å². The lowest BCUT2D eigenvalue weighted by Gasteiger charge is -2.15. The minimum Gasteiger partial charge on any atom is -0.500 e. The summed E-state index contributed by atoms with van der Waals surface area (Å²) in [4.78, 5) is 12.4. The van der Waals surface area contributed by atoms with Crippen LogP contribution in [0.2, 0.25) is 0 Å². The summed E-state index contributed by atoms with van der Waals surface area (Å²) < 4.78 is 12.9. The fourth-order valence-corrected chi connectivity index (χ4v) is 2.77. The van der Waals surface area contributed by atoms with E-state index in [0.717, 1.165) is 18.4 Å². The first-order valence-corrected chi connectivity index (χ1v) is 8.77. The first kappa shape index (κ1) is 17.9. The lowest BCUT2D eigenvalue weighted by Crippen LogP contribution is -2.17. The lowest BCUT2D eigenvalue weighted by molar-refractivity contribution is 0.290. The van der Waals surface area contributed by atoms with Gasteiger partial charge in [-0.1, -0.05) is 43.7 Å². The fourth-order valence-electron chi connectivity index (χ4n) is 2.77. The number of hydrogen-bond donors (Lipinski definition) is 1. The summed E-state index contributed by atoms with van der Waals surface area (Å²) in [5, 5.41) is 11.0. The van der Waals surface area contributed by atoms with Crippen LogP contribution < -0.4 is 15.0 Å². The Morgan fingerprint density at radius 2 is 1.85 bits per heavy atom. The molecule has 0 atom stereocenters. The molecule has 0 spiro atoms. The standard InChI is InChI=1S/C21H23NO4/c1-3-4-12-25-16-10-11-17-18(13-16)22(2)21(24)19(23)20(17)26-14-15-8-6-5-7-9-15/h5-11,13,23H,3-4,12,14H2,1-2H3. The Hall–Kier alpha value is -2.95. The van der Waals surface area contributed by atoms with Crippen LogP contribution in [0.1, 0.15) is 25.3 Å². The van der Waals surface area contributed by atoms with E-state index in [-0.39, 0.29) is 18.1 Å². The van der Waals surface area contributed by atoms with Gasteiger partial charge in [0.15, 0.2) is 5.75 Å². The van der Waals surface area contributed by atoms with Crippen LogP contribution in [-0.2, 0) is 13.7 Å². The molecule has 3 rings (SSSR count). The molecular formula is C21H23NO4. The van der Waals surface area contributed by atoms with Crippen molar-refractivity contribution in [2.45, 2.75) is 26.4 Å². The van der Waals surface area contributed by atoms with Crippen molar-refractivity contribution in [1.82, 2.24) is 4.57 Å². The highest BCUT2D eigenvalue weighted by Gasteiger charge is 2.16. The van der Waals surface area contributed by atoms with Crippen LogP contribution >= 0.6 is 0 Å². The highest BCUT2D eigenvalue weighted by Crippen LogP contribution is 2.34. The number of fused-ring (bicyclic) bond motifs is 1. The summed E-state index contributed by atoms with van der Waals surface area (Å²) in [5.74, 6) is 0.517. The van der Waals surface area contributed by atoms with Gasteiger partial charge in [-0.05, 0) is 24.1 Å². The fraction of sp³-hybridized carbons (Fsp3) is 0.286. The maximum atomic E-state index is 12.4. The van der Waals surface area contributed by atoms with Gasteiger partial charge in [-0.15, -0.1) is 0 Å². The summed E-state index contributed by atoms with van der Waals surface area (Å²) in [6.07, 6.45) is 2.02. The van der Waals surface area contributed by atoms with E-state index >= 15 is 0 Å². The van der Waals surface area contributed by atoms with E-state index in [1.807, 2.05) is 42.5 Å². The molecule has 0 radical (unpaired) electrons. The average molecular weight is 353 g/mol. The number of aromatic hydroxyl groups is 1. The minimum absolute atomic E-state index is 0.201. The zero-order chi connectivity index (χ0) is 18.5. The predicted octanol–water partition coefficient (Wildman–Crippen LogP) is 4.00. The smallest absolute Gasteiger partial charge is 0.296 e. The zero-order valence-electron chi connectivity index (χ0n) is 15.1. The van der Waals surface area contributed by atoms with Gasteiger partial charge in [-0.2, -0.15) is 0 Å². The summed E-state index contributed by atoms with van der Waals surface area (Å²) in [6, 6.07) is 15.1. The molecular weight excluding hydrogens is 330 g/mol. The van der Waals surface area contributed by atoms with Crippen LogP contribution in [0.5, 0.6) is 17.2 Å². The van der Waals surface area contributed by atoms with E-state index in [9.17, 15) is 9.90 Å². The SMILES string of the molecule is CCCCOc1ccc2c(OCc3ccccc3)c(O)c(=O)n(C)c2c1. The lowest BCUT2D eigenvalue weighted by atomic mass is 10.1. The summed E-state index contributed by atoms with van der Waals surface area (Å²) in [6.45, 7) is 3.00. The summed E-state index contributed by atoms with van der Waals surface area (Å²) >= 11 is 0. The van der Waals surface area contributed by atoms with Gasteiger partial charge in [0, 0.05) is 18.5 Å². The second kappa shape index (κ2) is 7.95. The Morgan fingerprint density at radius 1 is 1.08 bits per heavy atom. The van der Waals surface area contributed by atoms with E-state index in [1.165, 1.54) is 4.57 Å². The summed E-state index contributed by atoms with van der Waals surface area (Å²) in [5.41, 5.74) is 1.12. The molecule has 0 saturated heterocycles. The molecule has 0 amide bonds. The monoisotopic (exact) mass is 353 g/mol. The minimum atomic E-state index is -0.494. The van der Waals surface area contributed by atoms with Gasteiger partial charge < -0.3 is 19.1 Å². The van der Waals surface area contributed by atoms with Gasteiger partial charge in [-0.3, -0.25) is 4.79 Å². The molecule has 136 valence electrons. The third kappa shape index (κ3) is 3.67. The average Bonchev–Trinajstić information content (AvgIpc) is 2.67. The second-order valence-corrected chi connectivity index (χ2v) is 6.20. The van der Waals surface area contributed by atoms with Gasteiger partial charge >= 0.3 is 0 Å². The van der Waals surface area contributed by atoms with Crippen molar-refractivity contribution in [2.75, 3.05) is 6.61 Å². The zero-order valence-corrected chi connectivity index (χ0v) is 15.1. The van der Waals surface area contributed by atoms with Crippen LogP contribution in [0.15, 0.2) is 53.3 Å². The quantitative estimate of drug-likeness (QED) is 0.652. The Balaban J connectivity index is 1.97. The van der Waals surface area contributed by atoms with Crippen molar-refractivity contribution in [2.24, 2.45) is 7.05 Å². The van der Waals surface area contributed by atoms with Gasteiger partial charge in [0.25, 0.3) is 5.56 Å². The maximum Gasteiger partial charge on any atom is 0.296 e. The number of nitrogens with zero attached hydrogens (tertiary/aromatic N) is 1. The van der Waals surface area contributed by atoms with E-state index in [0.29, 0.717) is 23.3 Å². The second-order valence-electron chi connectivity index (χ2n) is 6.20. The number of ether oxygens (including phenoxy) is 2. The van der Waals surface area contributed by atoms with Crippen LogP contribution in [0, 0.1) is 0 Å². The van der Waals surface area contributed by atoms with Crippen molar-refractivity contribution in [1.29, 1.82) is 0 Å². The molecule has 0 saturated carbocycles. The third-order valence-corrected chi connectivity index (χ3v) is 4.29. The maximum absolute atomic E-state index is 12.4. The first-order valence-electron chi connectivity index (χ1n) is 8.77. The third-order valence-electron chi connectivity index (χ3n) is 4.29. The van der Waals surface area contributed by atoms with E-state index in [2.05, 4.69) is 6.92 Å². The molecule has 0 aliphatic carbocycles. The number of pyridine rings is 1. The van der Waals surface area contributed by atoms with E-state index in [4.69, 9.17) is 9.47 Å². The van der Waals surface area contributed by atoms with Crippen molar-refractivity contribution >= 4 is 10.9 Å². The Kier molecular flexibility index (Phi) is 5.46. The molecule has 1 aromatic heterocycles.